The molecule has 1 N–H and O–H groups in total. The van der Waals surface area contributed by atoms with Crippen LogP contribution >= 0.6 is 11.3 Å². The van der Waals surface area contributed by atoms with Crippen molar-refractivity contribution in [2.24, 2.45) is 11.8 Å². The highest BCUT2D eigenvalue weighted by Gasteiger charge is 2.30. The minimum atomic E-state index is -4.47. The van der Waals surface area contributed by atoms with Crippen molar-refractivity contribution in [1.82, 2.24) is 14.5 Å². The second kappa shape index (κ2) is 9.44. The third kappa shape index (κ3) is 5.24. The summed E-state index contributed by atoms with van der Waals surface area (Å²) < 4.78 is 39.5. The van der Waals surface area contributed by atoms with Crippen LogP contribution in [-0.4, -0.2) is 39.4 Å². The lowest BCUT2D eigenvalue weighted by molar-refractivity contribution is -0.137. The summed E-state index contributed by atoms with van der Waals surface area (Å²) in [5.74, 6) is 0.0816. The number of hydrogen-bond acceptors (Lipinski definition) is 5. The molecular formula is C24H25F3N4O3S. The number of nitrogens with one attached hydrogen (secondary N) is 1. The molecule has 2 unspecified atom stereocenters. The molecule has 1 aliphatic rings. The normalized spacial score (nSPS) is 18.6. The molecule has 1 fully saturated rings. The topological polar surface area (TPSA) is 84.3 Å². The molecule has 0 aliphatic carbocycles. The number of nitrogens with zero attached hydrogens (tertiary/aromatic N) is 3. The molecule has 11 heteroatoms. The van der Waals surface area contributed by atoms with Gasteiger partial charge >= 0.3 is 6.18 Å². The molecule has 2 atom stereocenters. The molecule has 1 aromatic carbocycles. The van der Waals surface area contributed by atoms with Gasteiger partial charge in [0, 0.05) is 18.8 Å². The highest BCUT2D eigenvalue weighted by atomic mass is 32.1. The molecular weight excluding hydrogens is 481 g/mol. The van der Waals surface area contributed by atoms with E-state index in [1.807, 2.05) is 0 Å². The summed E-state index contributed by atoms with van der Waals surface area (Å²) in [6.07, 6.45) is -2.10. The van der Waals surface area contributed by atoms with Gasteiger partial charge in [-0.1, -0.05) is 13.8 Å². The van der Waals surface area contributed by atoms with Crippen LogP contribution in [0.1, 0.15) is 41.1 Å². The zero-order chi connectivity index (χ0) is 25.5. The van der Waals surface area contributed by atoms with E-state index in [9.17, 15) is 27.6 Å². The first kappa shape index (κ1) is 24.9. The van der Waals surface area contributed by atoms with Gasteiger partial charge in [0.2, 0.25) is 5.91 Å². The fraction of sp³-hybridized carbons (Fsp3) is 0.417. The SMILES string of the molecule is Cc1c(C(=O)Nc2ccc(C(F)(F)F)cc2)sc2ncn(CC(=O)N3CC(C)CC(C)C3)c(=O)c12. The average molecular weight is 507 g/mol. The summed E-state index contributed by atoms with van der Waals surface area (Å²) in [5, 5.41) is 2.82. The smallest absolute Gasteiger partial charge is 0.341 e. The Hall–Kier alpha value is -3.21. The highest BCUT2D eigenvalue weighted by Crippen LogP contribution is 2.31. The van der Waals surface area contributed by atoms with E-state index in [2.05, 4.69) is 24.1 Å². The van der Waals surface area contributed by atoms with Gasteiger partial charge in [-0.25, -0.2) is 4.98 Å². The predicted molar refractivity (Wildman–Crippen MR) is 128 cm³/mol. The average Bonchev–Trinajstić information content (AvgIpc) is 3.12. The van der Waals surface area contributed by atoms with Gasteiger partial charge in [-0.3, -0.25) is 19.0 Å². The fourth-order valence-corrected chi connectivity index (χ4v) is 5.57. The maximum absolute atomic E-state index is 13.1. The number of benzene rings is 1. The van der Waals surface area contributed by atoms with Crippen molar-refractivity contribution in [3.63, 3.8) is 0 Å². The van der Waals surface area contributed by atoms with Crippen LogP contribution in [0.3, 0.4) is 0 Å². The van der Waals surface area contributed by atoms with Crippen LogP contribution in [0.2, 0.25) is 0 Å². The third-order valence-corrected chi connectivity index (χ3v) is 7.32. The number of carbonyl (C=O) groups is 2. The molecule has 0 radical (unpaired) electrons. The van der Waals surface area contributed by atoms with Crippen LogP contribution in [0.4, 0.5) is 18.9 Å². The Balaban J connectivity index is 1.55. The summed E-state index contributed by atoms with van der Waals surface area (Å²) in [6, 6.07) is 4.11. The van der Waals surface area contributed by atoms with Crippen molar-refractivity contribution in [3.05, 3.63) is 57.0 Å². The van der Waals surface area contributed by atoms with Crippen LogP contribution < -0.4 is 10.9 Å². The van der Waals surface area contributed by atoms with E-state index < -0.39 is 23.2 Å². The van der Waals surface area contributed by atoms with Gasteiger partial charge in [-0.15, -0.1) is 11.3 Å². The molecule has 2 aromatic heterocycles. The van der Waals surface area contributed by atoms with Crippen molar-refractivity contribution in [1.29, 1.82) is 0 Å². The lowest BCUT2D eigenvalue weighted by Gasteiger charge is -2.35. The fourth-order valence-electron chi connectivity index (χ4n) is 4.53. The molecule has 2 amide bonds. The Morgan fingerprint density at radius 1 is 1.14 bits per heavy atom. The van der Waals surface area contributed by atoms with Crippen LogP contribution in [0.15, 0.2) is 35.4 Å². The van der Waals surface area contributed by atoms with E-state index in [-0.39, 0.29) is 28.4 Å². The maximum Gasteiger partial charge on any atom is 0.416 e. The number of fused-ring (bicyclic) bond motifs is 1. The van der Waals surface area contributed by atoms with Crippen molar-refractivity contribution < 1.29 is 22.8 Å². The lowest BCUT2D eigenvalue weighted by Crippen LogP contribution is -2.44. The monoisotopic (exact) mass is 506 g/mol. The molecule has 4 rings (SSSR count). The Morgan fingerprint density at radius 3 is 2.37 bits per heavy atom. The summed E-state index contributed by atoms with van der Waals surface area (Å²) >= 11 is 1.02. The van der Waals surface area contributed by atoms with Crippen LogP contribution in [0.5, 0.6) is 0 Å². The first-order valence-corrected chi connectivity index (χ1v) is 12.0. The second-order valence-electron chi connectivity index (χ2n) is 9.19. The Morgan fingerprint density at radius 2 is 1.77 bits per heavy atom. The van der Waals surface area contributed by atoms with E-state index >= 15 is 0 Å². The van der Waals surface area contributed by atoms with Crippen molar-refractivity contribution >= 4 is 39.1 Å². The Kier molecular flexibility index (Phi) is 6.72. The number of anilines is 1. The molecule has 35 heavy (non-hydrogen) atoms. The summed E-state index contributed by atoms with van der Waals surface area (Å²) in [4.78, 5) is 45.4. The van der Waals surface area contributed by atoms with E-state index in [0.29, 0.717) is 35.3 Å². The number of carbonyl (C=O) groups excluding carboxylic acids is 2. The van der Waals surface area contributed by atoms with E-state index in [1.165, 1.54) is 23.0 Å². The Bertz CT molecular complexity index is 1320. The number of hydrogen-bond donors (Lipinski definition) is 1. The molecule has 3 heterocycles. The number of thiophene rings is 1. The minimum Gasteiger partial charge on any atom is -0.341 e. The van der Waals surface area contributed by atoms with Gasteiger partial charge in [0.1, 0.15) is 11.4 Å². The number of alkyl halides is 3. The van der Waals surface area contributed by atoms with Crippen molar-refractivity contribution in [2.75, 3.05) is 18.4 Å². The van der Waals surface area contributed by atoms with Gasteiger partial charge < -0.3 is 10.2 Å². The summed E-state index contributed by atoms with van der Waals surface area (Å²) in [5.41, 5.74) is -0.625. The zero-order valence-electron chi connectivity index (χ0n) is 19.5. The van der Waals surface area contributed by atoms with Gasteiger partial charge in [-0.2, -0.15) is 13.2 Å². The molecule has 3 aromatic rings. The lowest BCUT2D eigenvalue weighted by atomic mass is 9.92. The number of aryl methyl sites for hydroxylation is 1. The number of piperidine rings is 1. The van der Waals surface area contributed by atoms with Crippen molar-refractivity contribution in [2.45, 2.75) is 39.9 Å². The summed E-state index contributed by atoms with van der Waals surface area (Å²) in [6.45, 7) is 6.98. The maximum atomic E-state index is 13.1. The van der Waals surface area contributed by atoms with Crippen molar-refractivity contribution in [3.8, 4) is 0 Å². The molecule has 7 nitrogen and oxygen atoms in total. The van der Waals surface area contributed by atoms with Gasteiger partial charge in [0.05, 0.1) is 22.2 Å². The molecule has 186 valence electrons. The standard InChI is InChI=1S/C24H25F3N4O3S/c1-13-8-14(2)10-30(9-13)18(32)11-31-12-28-22-19(23(31)34)15(3)20(35-22)21(33)29-17-6-4-16(5-7-17)24(25,26)27/h4-7,12-14H,8-11H2,1-3H3,(H,29,33). The quantitative estimate of drug-likeness (QED) is 0.563. The molecule has 1 saturated heterocycles. The molecule has 0 bridgehead atoms. The number of aromatic nitrogens is 2. The molecule has 0 saturated carbocycles. The van der Waals surface area contributed by atoms with Crippen LogP contribution in [-0.2, 0) is 17.5 Å². The van der Waals surface area contributed by atoms with E-state index in [0.717, 1.165) is 29.9 Å². The molecule has 1 aliphatic heterocycles. The highest BCUT2D eigenvalue weighted by molar-refractivity contribution is 7.20. The predicted octanol–water partition coefficient (Wildman–Crippen LogP) is 4.54. The van der Waals surface area contributed by atoms with Gasteiger partial charge in [-0.05, 0) is 55.0 Å². The number of likely N-dealkylation sites (tertiary alicyclic amines) is 1. The number of rotatable bonds is 4. The Labute approximate surface area is 203 Å². The van der Waals surface area contributed by atoms with Gasteiger partial charge in [0.25, 0.3) is 11.5 Å². The second-order valence-corrected chi connectivity index (χ2v) is 10.2. The van der Waals surface area contributed by atoms with E-state index in [4.69, 9.17) is 0 Å². The first-order chi connectivity index (χ1) is 16.4. The zero-order valence-corrected chi connectivity index (χ0v) is 20.3. The van der Waals surface area contributed by atoms with Gasteiger partial charge in [0.15, 0.2) is 0 Å². The van der Waals surface area contributed by atoms with Crippen LogP contribution in [0.25, 0.3) is 10.2 Å². The largest absolute Gasteiger partial charge is 0.416 e. The molecule has 0 spiro atoms. The van der Waals surface area contributed by atoms with E-state index in [1.54, 1.807) is 11.8 Å². The number of halogens is 3. The minimum absolute atomic E-state index is 0.135. The third-order valence-electron chi connectivity index (χ3n) is 6.12. The number of amides is 2. The first-order valence-electron chi connectivity index (χ1n) is 11.2. The summed E-state index contributed by atoms with van der Waals surface area (Å²) in [7, 11) is 0. The van der Waals surface area contributed by atoms with Crippen LogP contribution in [0, 0.1) is 18.8 Å².